The van der Waals surface area contributed by atoms with E-state index < -0.39 is 0 Å². The minimum Gasteiger partial charge on any atom is -0.468 e. The van der Waals surface area contributed by atoms with Crippen LogP contribution in [0.2, 0.25) is 0 Å². The van der Waals surface area contributed by atoms with Gasteiger partial charge in [-0.25, -0.2) is 0 Å². The quantitative estimate of drug-likeness (QED) is 0.551. The summed E-state index contributed by atoms with van der Waals surface area (Å²) in [5.74, 6) is 0.781. The summed E-state index contributed by atoms with van der Waals surface area (Å²) in [4.78, 5) is 11.0. The molecule has 0 fully saturated rings. The van der Waals surface area contributed by atoms with Crippen LogP contribution in [-0.2, 0) is 16.1 Å². The minimum atomic E-state index is -0.128. The van der Waals surface area contributed by atoms with Gasteiger partial charge in [-0.05, 0) is 32.0 Å². The van der Waals surface area contributed by atoms with E-state index in [2.05, 4.69) is 5.32 Å². The monoisotopic (exact) mass is 211 g/mol. The Labute approximate surface area is 89.6 Å². The molecule has 4 nitrogen and oxygen atoms in total. The topological polar surface area (TPSA) is 51.5 Å². The lowest BCUT2D eigenvalue weighted by Crippen LogP contribution is -2.16. The van der Waals surface area contributed by atoms with E-state index in [0.29, 0.717) is 19.6 Å². The summed E-state index contributed by atoms with van der Waals surface area (Å²) >= 11 is 0. The fourth-order valence-electron chi connectivity index (χ4n) is 1.22. The van der Waals surface area contributed by atoms with E-state index in [4.69, 9.17) is 9.15 Å². The van der Waals surface area contributed by atoms with Gasteiger partial charge < -0.3 is 14.5 Å². The average Bonchev–Trinajstić information content (AvgIpc) is 2.70. The second-order valence-corrected chi connectivity index (χ2v) is 3.16. The molecule has 0 aliphatic heterocycles. The third-order valence-corrected chi connectivity index (χ3v) is 1.92. The van der Waals surface area contributed by atoms with Gasteiger partial charge in [0.25, 0.3) is 0 Å². The molecule has 0 saturated heterocycles. The van der Waals surface area contributed by atoms with Gasteiger partial charge in [0.15, 0.2) is 0 Å². The summed E-state index contributed by atoms with van der Waals surface area (Å²) in [5.41, 5.74) is 0. The molecule has 0 radical (unpaired) electrons. The molecule has 0 spiro atoms. The molecule has 0 bridgehead atoms. The van der Waals surface area contributed by atoms with E-state index in [-0.39, 0.29) is 5.97 Å². The van der Waals surface area contributed by atoms with Crippen LogP contribution in [0, 0.1) is 0 Å². The Kier molecular flexibility index (Phi) is 5.55. The first kappa shape index (κ1) is 11.8. The van der Waals surface area contributed by atoms with Crippen molar-refractivity contribution in [2.75, 3.05) is 13.2 Å². The lowest BCUT2D eigenvalue weighted by molar-refractivity contribution is -0.143. The van der Waals surface area contributed by atoms with Gasteiger partial charge in [0, 0.05) is 6.42 Å². The molecule has 1 heterocycles. The lowest BCUT2D eigenvalue weighted by Gasteiger charge is -2.02. The van der Waals surface area contributed by atoms with E-state index >= 15 is 0 Å². The van der Waals surface area contributed by atoms with Gasteiger partial charge in [-0.3, -0.25) is 4.79 Å². The summed E-state index contributed by atoms with van der Waals surface area (Å²) in [6.07, 6.45) is 2.91. The number of hydrogen-bond donors (Lipinski definition) is 1. The molecule has 84 valence electrons. The van der Waals surface area contributed by atoms with Crippen molar-refractivity contribution in [2.24, 2.45) is 0 Å². The van der Waals surface area contributed by atoms with Gasteiger partial charge in [0.1, 0.15) is 5.76 Å². The predicted molar refractivity (Wildman–Crippen MR) is 56.3 cm³/mol. The van der Waals surface area contributed by atoms with Crippen molar-refractivity contribution >= 4 is 5.97 Å². The van der Waals surface area contributed by atoms with Crippen LogP contribution in [0.25, 0.3) is 0 Å². The van der Waals surface area contributed by atoms with Crippen LogP contribution in [0.15, 0.2) is 22.8 Å². The maximum atomic E-state index is 11.0. The lowest BCUT2D eigenvalue weighted by atomic mass is 10.3. The summed E-state index contributed by atoms with van der Waals surface area (Å²) in [6, 6.07) is 3.77. The van der Waals surface area contributed by atoms with E-state index in [0.717, 1.165) is 18.7 Å². The van der Waals surface area contributed by atoms with Gasteiger partial charge in [0.2, 0.25) is 0 Å². The van der Waals surface area contributed by atoms with Crippen molar-refractivity contribution in [1.82, 2.24) is 5.32 Å². The summed E-state index contributed by atoms with van der Waals surface area (Å²) in [6.45, 7) is 3.76. The summed E-state index contributed by atoms with van der Waals surface area (Å²) in [5, 5.41) is 3.18. The number of hydrogen-bond acceptors (Lipinski definition) is 4. The van der Waals surface area contributed by atoms with Crippen LogP contribution in [-0.4, -0.2) is 19.1 Å². The van der Waals surface area contributed by atoms with Crippen molar-refractivity contribution in [2.45, 2.75) is 26.3 Å². The van der Waals surface area contributed by atoms with Crippen LogP contribution in [0.4, 0.5) is 0 Å². The van der Waals surface area contributed by atoms with Crippen LogP contribution in [0.3, 0.4) is 0 Å². The first-order valence-corrected chi connectivity index (χ1v) is 5.21. The van der Waals surface area contributed by atoms with Gasteiger partial charge in [-0.1, -0.05) is 0 Å². The Morgan fingerprint density at radius 2 is 2.47 bits per heavy atom. The van der Waals surface area contributed by atoms with E-state index in [1.807, 2.05) is 19.1 Å². The van der Waals surface area contributed by atoms with E-state index in [9.17, 15) is 4.79 Å². The molecule has 1 aromatic rings. The molecule has 0 unspecified atom stereocenters. The number of rotatable bonds is 7. The molecular formula is C11H17NO3. The smallest absolute Gasteiger partial charge is 0.305 e. The first-order chi connectivity index (χ1) is 7.33. The zero-order chi connectivity index (χ0) is 10.9. The molecule has 0 aliphatic rings. The highest BCUT2D eigenvalue weighted by molar-refractivity contribution is 5.69. The van der Waals surface area contributed by atoms with Crippen LogP contribution < -0.4 is 5.32 Å². The number of ether oxygens (including phenoxy) is 1. The second kappa shape index (κ2) is 7.06. The number of nitrogens with one attached hydrogen (secondary N) is 1. The molecule has 0 atom stereocenters. The predicted octanol–water partition coefficient (Wildman–Crippen LogP) is 1.71. The van der Waals surface area contributed by atoms with Crippen molar-refractivity contribution in [3.05, 3.63) is 24.2 Å². The molecule has 1 rings (SSSR count). The summed E-state index contributed by atoms with van der Waals surface area (Å²) < 4.78 is 9.95. The molecule has 1 aromatic heterocycles. The van der Waals surface area contributed by atoms with Crippen LogP contribution in [0.5, 0.6) is 0 Å². The number of carbonyl (C=O) groups excluding carboxylic acids is 1. The highest BCUT2D eigenvalue weighted by Gasteiger charge is 2.00. The molecule has 1 N–H and O–H groups in total. The fraction of sp³-hybridized carbons (Fsp3) is 0.545. The largest absolute Gasteiger partial charge is 0.468 e. The highest BCUT2D eigenvalue weighted by Crippen LogP contribution is 1.98. The Hall–Kier alpha value is -1.29. The maximum Gasteiger partial charge on any atom is 0.305 e. The number of carbonyl (C=O) groups is 1. The molecule has 4 heteroatoms. The fourth-order valence-corrected chi connectivity index (χ4v) is 1.22. The van der Waals surface area contributed by atoms with E-state index in [1.54, 1.807) is 6.26 Å². The molecule has 0 aliphatic carbocycles. The van der Waals surface area contributed by atoms with E-state index in [1.165, 1.54) is 0 Å². The Morgan fingerprint density at radius 3 is 3.13 bits per heavy atom. The third kappa shape index (κ3) is 5.22. The van der Waals surface area contributed by atoms with Gasteiger partial charge in [-0.15, -0.1) is 0 Å². The second-order valence-electron chi connectivity index (χ2n) is 3.16. The van der Waals surface area contributed by atoms with Crippen molar-refractivity contribution in [3.63, 3.8) is 0 Å². The first-order valence-electron chi connectivity index (χ1n) is 5.21. The molecule has 15 heavy (non-hydrogen) atoms. The third-order valence-electron chi connectivity index (χ3n) is 1.92. The molecule has 0 amide bonds. The zero-order valence-corrected chi connectivity index (χ0v) is 8.99. The Balaban J connectivity index is 1.95. The highest BCUT2D eigenvalue weighted by atomic mass is 16.5. The van der Waals surface area contributed by atoms with Gasteiger partial charge >= 0.3 is 5.97 Å². The Morgan fingerprint density at radius 1 is 1.60 bits per heavy atom. The number of esters is 1. The normalized spacial score (nSPS) is 10.2. The zero-order valence-electron chi connectivity index (χ0n) is 8.99. The van der Waals surface area contributed by atoms with Gasteiger partial charge in [-0.2, -0.15) is 0 Å². The SMILES string of the molecule is CCOC(=O)CCCNCc1ccco1. The maximum absolute atomic E-state index is 11.0. The molecular weight excluding hydrogens is 194 g/mol. The summed E-state index contributed by atoms with van der Waals surface area (Å²) in [7, 11) is 0. The average molecular weight is 211 g/mol. The minimum absolute atomic E-state index is 0.128. The molecule has 0 saturated carbocycles. The van der Waals surface area contributed by atoms with Crippen molar-refractivity contribution in [1.29, 1.82) is 0 Å². The van der Waals surface area contributed by atoms with Crippen molar-refractivity contribution < 1.29 is 13.9 Å². The van der Waals surface area contributed by atoms with Crippen molar-refractivity contribution in [3.8, 4) is 0 Å². The molecule has 0 aromatic carbocycles. The van der Waals surface area contributed by atoms with Crippen LogP contribution in [0.1, 0.15) is 25.5 Å². The van der Waals surface area contributed by atoms with Gasteiger partial charge in [0.05, 0.1) is 19.4 Å². The number of furan rings is 1. The standard InChI is InChI=1S/C11H17NO3/c1-2-14-11(13)6-3-7-12-9-10-5-4-8-15-10/h4-5,8,12H,2-3,6-7,9H2,1H3. The van der Waals surface area contributed by atoms with Crippen LogP contribution >= 0.6 is 0 Å². The Bertz CT molecular complexity index is 269.